The molecule has 0 aliphatic rings. The molecule has 25 heavy (non-hydrogen) atoms. The molecule has 2 heterocycles. The Hall–Kier alpha value is -2.59. The SMILES string of the molecule is Cc1cc(C)n(-c2ccc(CSc3ccnc4ccccc34)cc2)n1. The van der Waals surface area contributed by atoms with E-state index in [0.717, 1.165) is 28.3 Å². The van der Waals surface area contributed by atoms with E-state index in [1.807, 2.05) is 35.6 Å². The number of aromatic nitrogens is 3. The molecule has 4 rings (SSSR count). The fourth-order valence-electron chi connectivity index (χ4n) is 2.98. The monoisotopic (exact) mass is 345 g/mol. The second kappa shape index (κ2) is 6.73. The minimum absolute atomic E-state index is 0.936. The summed E-state index contributed by atoms with van der Waals surface area (Å²) in [6.45, 7) is 4.10. The van der Waals surface area contributed by atoms with Gasteiger partial charge < -0.3 is 0 Å². The maximum atomic E-state index is 4.54. The highest BCUT2D eigenvalue weighted by Crippen LogP contribution is 2.29. The Balaban J connectivity index is 1.52. The highest BCUT2D eigenvalue weighted by Gasteiger charge is 2.05. The Morgan fingerprint density at radius 1 is 0.960 bits per heavy atom. The Kier molecular flexibility index (Phi) is 4.28. The molecule has 124 valence electrons. The van der Waals surface area contributed by atoms with E-state index in [1.165, 1.54) is 15.8 Å². The minimum atomic E-state index is 0.936. The second-order valence-corrected chi connectivity index (χ2v) is 7.14. The number of fused-ring (bicyclic) bond motifs is 1. The Bertz CT molecular complexity index is 1010. The molecule has 2 aromatic heterocycles. The molecule has 0 atom stereocenters. The maximum Gasteiger partial charge on any atom is 0.0713 e. The van der Waals surface area contributed by atoms with E-state index >= 15 is 0 Å². The van der Waals surface area contributed by atoms with Gasteiger partial charge in [0.2, 0.25) is 0 Å². The number of benzene rings is 2. The van der Waals surface area contributed by atoms with Crippen molar-refractivity contribution in [2.24, 2.45) is 0 Å². The second-order valence-electron chi connectivity index (χ2n) is 6.12. The molecule has 0 aliphatic heterocycles. The summed E-state index contributed by atoms with van der Waals surface area (Å²) in [5.41, 5.74) is 5.65. The van der Waals surface area contributed by atoms with Gasteiger partial charge in [0.05, 0.1) is 16.9 Å². The maximum absolute atomic E-state index is 4.54. The van der Waals surface area contributed by atoms with Gasteiger partial charge in [-0.15, -0.1) is 11.8 Å². The molecule has 0 unspecified atom stereocenters. The Morgan fingerprint density at radius 2 is 1.76 bits per heavy atom. The standard InChI is InChI=1S/C21H19N3S/c1-15-13-16(2)24(23-15)18-9-7-17(8-10-18)14-25-21-11-12-22-20-6-4-3-5-19(20)21/h3-13H,14H2,1-2H3. The summed E-state index contributed by atoms with van der Waals surface area (Å²) in [4.78, 5) is 5.70. The molecule has 3 nitrogen and oxygen atoms in total. The fourth-order valence-corrected chi connectivity index (χ4v) is 3.98. The molecule has 0 amide bonds. The molecule has 4 aromatic rings. The third kappa shape index (κ3) is 3.30. The summed E-state index contributed by atoms with van der Waals surface area (Å²) in [6, 6.07) is 21.1. The van der Waals surface area contributed by atoms with Gasteiger partial charge in [-0.05, 0) is 49.7 Å². The van der Waals surface area contributed by atoms with E-state index < -0.39 is 0 Å². The zero-order valence-electron chi connectivity index (χ0n) is 14.3. The van der Waals surface area contributed by atoms with Gasteiger partial charge in [0.15, 0.2) is 0 Å². The van der Waals surface area contributed by atoms with Crippen LogP contribution in [0.1, 0.15) is 17.0 Å². The summed E-state index contributed by atoms with van der Waals surface area (Å²) >= 11 is 1.85. The van der Waals surface area contributed by atoms with Crippen LogP contribution in [0.4, 0.5) is 0 Å². The van der Waals surface area contributed by atoms with E-state index in [4.69, 9.17) is 0 Å². The predicted octanol–water partition coefficient (Wildman–Crippen LogP) is 5.33. The van der Waals surface area contributed by atoms with Crippen molar-refractivity contribution in [3.63, 3.8) is 0 Å². The Labute approximate surface area is 151 Å². The van der Waals surface area contributed by atoms with Crippen LogP contribution in [0.15, 0.2) is 71.8 Å². The molecule has 0 saturated heterocycles. The molecule has 0 fully saturated rings. The quantitative estimate of drug-likeness (QED) is 0.468. The lowest BCUT2D eigenvalue weighted by atomic mass is 10.2. The fraction of sp³-hybridized carbons (Fsp3) is 0.143. The zero-order valence-corrected chi connectivity index (χ0v) is 15.1. The van der Waals surface area contributed by atoms with Crippen LogP contribution in [0.3, 0.4) is 0 Å². The summed E-state index contributed by atoms with van der Waals surface area (Å²) < 4.78 is 1.99. The third-order valence-electron chi connectivity index (χ3n) is 4.19. The topological polar surface area (TPSA) is 30.7 Å². The van der Waals surface area contributed by atoms with Crippen molar-refractivity contribution in [2.75, 3.05) is 0 Å². The highest BCUT2D eigenvalue weighted by atomic mass is 32.2. The molecular weight excluding hydrogens is 326 g/mol. The number of para-hydroxylation sites is 1. The average molecular weight is 345 g/mol. The molecule has 0 bridgehead atoms. The number of aryl methyl sites for hydroxylation is 2. The number of pyridine rings is 1. The van der Waals surface area contributed by atoms with Gasteiger partial charge >= 0.3 is 0 Å². The van der Waals surface area contributed by atoms with Crippen molar-refractivity contribution < 1.29 is 0 Å². The summed E-state index contributed by atoms with van der Waals surface area (Å²) in [6.07, 6.45) is 1.89. The first-order valence-electron chi connectivity index (χ1n) is 8.30. The summed E-state index contributed by atoms with van der Waals surface area (Å²) in [5.74, 6) is 0.936. The van der Waals surface area contributed by atoms with Crippen molar-refractivity contribution in [3.05, 3.63) is 83.8 Å². The molecule has 0 radical (unpaired) electrons. The van der Waals surface area contributed by atoms with Crippen LogP contribution in [0.25, 0.3) is 16.6 Å². The van der Waals surface area contributed by atoms with E-state index in [0.29, 0.717) is 0 Å². The lowest BCUT2D eigenvalue weighted by Gasteiger charge is -2.08. The van der Waals surface area contributed by atoms with E-state index in [2.05, 4.69) is 71.6 Å². The van der Waals surface area contributed by atoms with E-state index in [-0.39, 0.29) is 0 Å². The summed E-state index contributed by atoms with van der Waals surface area (Å²) in [5, 5.41) is 5.76. The molecule has 4 heteroatoms. The van der Waals surface area contributed by atoms with Gasteiger partial charge in [-0.1, -0.05) is 30.3 Å². The van der Waals surface area contributed by atoms with Crippen LogP contribution >= 0.6 is 11.8 Å². The number of thioether (sulfide) groups is 1. The van der Waals surface area contributed by atoms with E-state index in [1.54, 1.807) is 0 Å². The van der Waals surface area contributed by atoms with Crippen molar-refractivity contribution in [3.8, 4) is 5.69 Å². The molecule has 0 spiro atoms. The lowest BCUT2D eigenvalue weighted by molar-refractivity contribution is 0.833. The first kappa shape index (κ1) is 15.9. The highest BCUT2D eigenvalue weighted by molar-refractivity contribution is 7.98. The van der Waals surface area contributed by atoms with Gasteiger partial charge in [0.25, 0.3) is 0 Å². The molecule has 0 aliphatic carbocycles. The number of rotatable bonds is 4. The van der Waals surface area contributed by atoms with Crippen LogP contribution in [0.2, 0.25) is 0 Å². The molecule has 2 aromatic carbocycles. The van der Waals surface area contributed by atoms with Crippen molar-refractivity contribution in [1.82, 2.24) is 14.8 Å². The molecular formula is C21H19N3S. The van der Waals surface area contributed by atoms with Crippen LogP contribution in [0.5, 0.6) is 0 Å². The lowest BCUT2D eigenvalue weighted by Crippen LogP contribution is -1.98. The van der Waals surface area contributed by atoms with Crippen molar-refractivity contribution >= 4 is 22.7 Å². The summed E-state index contributed by atoms with van der Waals surface area (Å²) in [7, 11) is 0. The largest absolute Gasteiger partial charge is 0.256 e. The third-order valence-corrected chi connectivity index (χ3v) is 5.34. The molecule has 0 saturated carbocycles. The van der Waals surface area contributed by atoms with Gasteiger partial charge in [-0.3, -0.25) is 4.98 Å². The number of hydrogen-bond acceptors (Lipinski definition) is 3. The Morgan fingerprint density at radius 3 is 2.52 bits per heavy atom. The van der Waals surface area contributed by atoms with Gasteiger partial charge in [0, 0.05) is 27.9 Å². The van der Waals surface area contributed by atoms with Gasteiger partial charge in [-0.2, -0.15) is 5.10 Å². The number of hydrogen-bond donors (Lipinski definition) is 0. The molecule has 0 N–H and O–H groups in total. The zero-order chi connectivity index (χ0) is 17.2. The van der Waals surface area contributed by atoms with Crippen LogP contribution < -0.4 is 0 Å². The first-order valence-corrected chi connectivity index (χ1v) is 9.28. The van der Waals surface area contributed by atoms with Crippen molar-refractivity contribution in [1.29, 1.82) is 0 Å². The first-order chi connectivity index (χ1) is 12.2. The normalized spacial score (nSPS) is 11.1. The number of nitrogens with zero attached hydrogens (tertiary/aromatic N) is 3. The van der Waals surface area contributed by atoms with Gasteiger partial charge in [-0.25, -0.2) is 4.68 Å². The van der Waals surface area contributed by atoms with Crippen molar-refractivity contribution in [2.45, 2.75) is 24.5 Å². The van der Waals surface area contributed by atoms with E-state index in [9.17, 15) is 0 Å². The minimum Gasteiger partial charge on any atom is -0.256 e. The van der Waals surface area contributed by atoms with Crippen LogP contribution in [0, 0.1) is 13.8 Å². The predicted molar refractivity (Wildman–Crippen MR) is 104 cm³/mol. The average Bonchev–Trinajstić information content (AvgIpc) is 2.98. The van der Waals surface area contributed by atoms with Crippen LogP contribution in [-0.4, -0.2) is 14.8 Å². The smallest absolute Gasteiger partial charge is 0.0713 e. The van der Waals surface area contributed by atoms with Gasteiger partial charge in [0.1, 0.15) is 0 Å². The van der Waals surface area contributed by atoms with Crippen LogP contribution in [-0.2, 0) is 5.75 Å².